The first-order valence-corrected chi connectivity index (χ1v) is 5.63. The Morgan fingerprint density at radius 3 is 3.12 bits per heavy atom. The number of piperazine rings is 1. The molecule has 86 valence electrons. The molecule has 1 aliphatic rings. The van der Waals surface area contributed by atoms with Gasteiger partial charge in [-0.05, 0) is 25.5 Å². The molecular weight excluding hydrogens is 202 g/mol. The van der Waals surface area contributed by atoms with Crippen LogP contribution in [0, 0.1) is 6.92 Å². The first kappa shape index (κ1) is 11.1. The minimum Gasteiger partial charge on any atom is -0.334 e. The van der Waals surface area contributed by atoms with Gasteiger partial charge in [-0.1, -0.05) is 6.07 Å². The smallest absolute Gasteiger partial charge is 0.272 e. The highest BCUT2D eigenvalue weighted by Gasteiger charge is 2.23. The van der Waals surface area contributed by atoms with Crippen LogP contribution < -0.4 is 5.32 Å². The minimum atomic E-state index is 0.0476. The molecule has 0 bridgehead atoms. The van der Waals surface area contributed by atoms with Crippen molar-refractivity contribution in [3.05, 3.63) is 29.6 Å². The van der Waals surface area contributed by atoms with E-state index in [4.69, 9.17) is 0 Å². The molecule has 0 aromatic carbocycles. The van der Waals surface area contributed by atoms with Crippen molar-refractivity contribution in [2.24, 2.45) is 0 Å². The molecule has 4 nitrogen and oxygen atoms in total. The van der Waals surface area contributed by atoms with Crippen LogP contribution in [-0.4, -0.2) is 41.5 Å². The first-order chi connectivity index (χ1) is 7.68. The number of carbonyl (C=O) groups is 1. The molecule has 0 unspecified atom stereocenters. The maximum Gasteiger partial charge on any atom is 0.272 e. The molecule has 4 heteroatoms. The lowest BCUT2D eigenvalue weighted by Gasteiger charge is -2.31. The lowest BCUT2D eigenvalue weighted by Crippen LogP contribution is -2.51. The van der Waals surface area contributed by atoms with Crippen molar-refractivity contribution in [3.63, 3.8) is 0 Å². The van der Waals surface area contributed by atoms with Gasteiger partial charge in [0.05, 0.1) is 0 Å². The Labute approximate surface area is 95.7 Å². The summed E-state index contributed by atoms with van der Waals surface area (Å²) in [6.07, 6.45) is 1.67. The Hall–Kier alpha value is -1.42. The van der Waals surface area contributed by atoms with Gasteiger partial charge in [-0.15, -0.1) is 0 Å². The van der Waals surface area contributed by atoms with Gasteiger partial charge in [-0.25, -0.2) is 0 Å². The molecule has 1 fully saturated rings. The number of pyridine rings is 1. The summed E-state index contributed by atoms with van der Waals surface area (Å²) in [7, 11) is 0. The number of amides is 1. The average Bonchev–Trinajstić information content (AvgIpc) is 2.29. The molecular formula is C12H17N3O. The molecule has 16 heavy (non-hydrogen) atoms. The van der Waals surface area contributed by atoms with E-state index < -0.39 is 0 Å². The summed E-state index contributed by atoms with van der Waals surface area (Å²) in [6.45, 7) is 6.39. The lowest BCUT2D eigenvalue weighted by atomic mass is 10.1. The number of hydrogen-bond donors (Lipinski definition) is 1. The van der Waals surface area contributed by atoms with Crippen molar-refractivity contribution < 1.29 is 4.79 Å². The molecule has 1 saturated heterocycles. The SMILES string of the molecule is Cc1cccnc1C(=O)N1CCN[C@@H](C)C1. The van der Waals surface area contributed by atoms with E-state index in [1.807, 2.05) is 24.0 Å². The molecule has 1 aliphatic heterocycles. The summed E-state index contributed by atoms with van der Waals surface area (Å²) in [5.74, 6) is 0.0476. The van der Waals surface area contributed by atoms with Crippen LogP contribution >= 0.6 is 0 Å². The van der Waals surface area contributed by atoms with Crippen molar-refractivity contribution in [1.29, 1.82) is 0 Å². The normalized spacial score (nSPS) is 20.9. The summed E-state index contributed by atoms with van der Waals surface area (Å²) in [5.41, 5.74) is 1.52. The van der Waals surface area contributed by atoms with Gasteiger partial charge in [-0.3, -0.25) is 9.78 Å². The monoisotopic (exact) mass is 219 g/mol. The van der Waals surface area contributed by atoms with Gasteiger partial charge in [0.1, 0.15) is 5.69 Å². The second-order valence-corrected chi connectivity index (χ2v) is 4.28. The zero-order chi connectivity index (χ0) is 11.5. The fourth-order valence-electron chi connectivity index (χ4n) is 1.98. The largest absolute Gasteiger partial charge is 0.334 e. The predicted molar refractivity (Wildman–Crippen MR) is 62.3 cm³/mol. The van der Waals surface area contributed by atoms with E-state index in [9.17, 15) is 4.79 Å². The molecule has 1 N–H and O–H groups in total. The fraction of sp³-hybridized carbons (Fsp3) is 0.500. The topological polar surface area (TPSA) is 45.2 Å². The standard InChI is InChI=1S/C12H17N3O/c1-9-4-3-5-14-11(9)12(16)15-7-6-13-10(2)8-15/h3-5,10,13H,6-8H2,1-2H3/t10-/m0/s1. The van der Waals surface area contributed by atoms with E-state index in [2.05, 4.69) is 17.2 Å². The van der Waals surface area contributed by atoms with E-state index in [-0.39, 0.29) is 5.91 Å². The number of rotatable bonds is 1. The van der Waals surface area contributed by atoms with E-state index >= 15 is 0 Å². The van der Waals surface area contributed by atoms with Crippen LogP contribution in [0.15, 0.2) is 18.3 Å². The highest BCUT2D eigenvalue weighted by atomic mass is 16.2. The number of nitrogens with one attached hydrogen (secondary N) is 1. The zero-order valence-corrected chi connectivity index (χ0v) is 9.73. The Kier molecular flexibility index (Phi) is 3.19. The van der Waals surface area contributed by atoms with Crippen molar-refractivity contribution in [1.82, 2.24) is 15.2 Å². The van der Waals surface area contributed by atoms with Crippen molar-refractivity contribution >= 4 is 5.91 Å². The van der Waals surface area contributed by atoms with Crippen LogP contribution in [-0.2, 0) is 0 Å². The quantitative estimate of drug-likeness (QED) is 0.760. The molecule has 1 amide bonds. The molecule has 1 aromatic heterocycles. The van der Waals surface area contributed by atoms with Gasteiger partial charge in [-0.2, -0.15) is 0 Å². The first-order valence-electron chi connectivity index (χ1n) is 5.63. The number of aryl methyl sites for hydroxylation is 1. The predicted octanol–water partition coefficient (Wildman–Crippen LogP) is 0.824. The third kappa shape index (κ3) is 2.22. The number of aromatic nitrogens is 1. The minimum absolute atomic E-state index is 0.0476. The van der Waals surface area contributed by atoms with E-state index in [0.717, 1.165) is 25.2 Å². The fourth-order valence-corrected chi connectivity index (χ4v) is 1.98. The van der Waals surface area contributed by atoms with Gasteiger partial charge in [0, 0.05) is 31.9 Å². The highest BCUT2D eigenvalue weighted by Crippen LogP contribution is 2.09. The van der Waals surface area contributed by atoms with Crippen molar-refractivity contribution in [2.45, 2.75) is 19.9 Å². The van der Waals surface area contributed by atoms with E-state index in [1.165, 1.54) is 0 Å². The van der Waals surface area contributed by atoms with Crippen LogP contribution in [0.3, 0.4) is 0 Å². The highest BCUT2D eigenvalue weighted by molar-refractivity contribution is 5.93. The van der Waals surface area contributed by atoms with E-state index in [0.29, 0.717) is 11.7 Å². The molecule has 0 spiro atoms. The Morgan fingerprint density at radius 1 is 1.62 bits per heavy atom. The van der Waals surface area contributed by atoms with Crippen LogP contribution in [0.1, 0.15) is 23.0 Å². The summed E-state index contributed by atoms with van der Waals surface area (Å²) < 4.78 is 0. The summed E-state index contributed by atoms with van der Waals surface area (Å²) in [4.78, 5) is 18.2. The van der Waals surface area contributed by atoms with Gasteiger partial charge in [0.25, 0.3) is 5.91 Å². The summed E-state index contributed by atoms with van der Waals surface area (Å²) >= 11 is 0. The van der Waals surface area contributed by atoms with Crippen molar-refractivity contribution in [2.75, 3.05) is 19.6 Å². The maximum atomic E-state index is 12.2. The summed E-state index contributed by atoms with van der Waals surface area (Å²) in [6, 6.07) is 4.14. The molecule has 1 atom stereocenters. The van der Waals surface area contributed by atoms with E-state index in [1.54, 1.807) is 6.20 Å². The van der Waals surface area contributed by atoms with Gasteiger partial charge in [0.2, 0.25) is 0 Å². The van der Waals surface area contributed by atoms with Crippen LogP contribution in [0.4, 0.5) is 0 Å². The molecule has 0 radical (unpaired) electrons. The number of nitrogens with zero attached hydrogens (tertiary/aromatic N) is 2. The van der Waals surface area contributed by atoms with Gasteiger partial charge >= 0.3 is 0 Å². The Morgan fingerprint density at radius 2 is 2.44 bits per heavy atom. The Bertz CT molecular complexity index is 392. The molecule has 2 heterocycles. The zero-order valence-electron chi connectivity index (χ0n) is 9.73. The average molecular weight is 219 g/mol. The van der Waals surface area contributed by atoms with Crippen molar-refractivity contribution in [3.8, 4) is 0 Å². The lowest BCUT2D eigenvalue weighted by molar-refractivity contribution is 0.0702. The second-order valence-electron chi connectivity index (χ2n) is 4.28. The summed E-state index contributed by atoms with van der Waals surface area (Å²) in [5, 5.41) is 3.32. The molecule has 1 aromatic rings. The second kappa shape index (κ2) is 4.61. The van der Waals surface area contributed by atoms with Crippen LogP contribution in [0.5, 0.6) is 0 Å². The molecule has 0 saturated carbocycles. The van der Waals surface area contributed by atoms with Gasteiger partial charge in [0.15, 0.2) is 0 Å². The van der Waals surface area contributed by atoms with Gasteiger partial charge < -0.3 is 10.2 Å². The third-order valence-corrected chi connectivity index (χ3v) is 2.87. The van der Waals surface area contributed by atoms with Crippen LogP contribution in [0.2, 0.25) is 0 Å². The molecule has 0 aliphatic carbocycles. The maximum absolute atomic E-state index is 12.2. The molecule has 2 rings (SSSR count). The van der Waals surface area contributed by atoms with Crippen LogP contribution in [0.25, 0.3) is 0 Å². The number of carbonyl (C=O) groups excluding carboxylic acids is 1. The Balaban J connectivity index is 2.16. The number of hydrogen-bond acceptors (Lipinski definition) is 3. The third-order valence-electron chi connectivity index (χ3n) is 2.87.